The molecule has 9 nitrogen and oxygen atoms in total. The van der Waals surface area contributed by atoms with Crippen LogP contribution >= 0.6 is 0 Å². The molecule has 0 aromatic heterocycles. The van der Waals surface area contributed by atoms with E-state index in [1.165, 1.54) is 7.11 Å². The average Bonchev–Trinajstić information content (AvgIpc) is 2.73. The maximum atomic E-state index is 12.4. The van der Waals surface area contributed by atoms with Crippen LogP contribution in [-0.2, 0) is 23.8 Å². The first-order valence-corrected chi connectivity index (χ1v) is 9.74. The lowest BCUT2D eigenvalue weighted by atomic mass is 9.97. The van der Waals surface area contributed by atoms with Gasteiger partial charge >= 0.3 is 12.1 Å². The Balaban J connectivity index is 1.76. The van der Waals surface area contributed by atoms with Crippen molar-refractivity contribution in [1.29, 1.82) is 0 Å². The summed E-state index contributed by atoms with van der Waals surface area (Å²) in [5.74, 6) is -0.342. The van der Waals surface area contributed by atoms with E-state index in [1.54, 1.807) is 30.0 Å². The summed E-state index contributed by atoms with van der Waals surface area (Å²) >= 11 is 0. The van der Waals surface area contributed by atoms with E-state index in [2.05, 4.69) is 10.6 Å². The monoisotopic (exact) mass is 407 g/mol. The number of piperidine rings is 1. The standard InChI is InChI=1S/C20H29N3O6/c1-3-28-19(25)15-7-9-23(10-8-15)18(24)14-21-16-5-4-6-17(13-16)22-20(26)29-12-11-27-2/h4-6,13,15,21H,3,7-12,14H2,1-2H3,(H,22,26). The molecular formula is C20H29N3O6. The minimum atomic E-state index is -0.570. The second-order valence-electron chi connectivity index (χ2n) is 6.60. The number of carbonyl (C=O) groups is 3. The molecule has 1 aliphatic heterocycles. The van der Waals surface area contributed by atoms with Gasteiger partial charge in [0.25, 0.3) is 0 Å². The summed E-state index contributed by atoms with van der Waals surface area (Å²) in [5.41, 5.74) is 1.26. The van der Waals surface area contributed by atoms with Crippen molar-refractivity contribution in [2.75, 3.05) is 57.2 Å². The first-order valence-electron chi connectivity index (χ1n) is 9.74. The SMILES string of the molecule is CCOC(=O)C1CCN(C(=O)CNc2cccc(NC(=O)OCCOC)c2)CC1. The average molecular weight is 407 g/mol. The zero-order valence-electron chi connectivity index (χ0n) is 16.9. The van der Waals surface area contributed by atoms with Crippen LogP contribution in [0.15, 0.2) is 24.3 Å². The minimum Gasteiger partial charge on any atom is -0.466 e. The maximum Gasteiger partial charge on any atom is 0.411 e. The molecule has 0 spiro atoms. The number of nitrogens with zero attached hydrogens (tertiary/aromatic N) is 1. The van der Waals surface area contributed by atoms with Gasteiger partial charge in [-0.1, -0.05) is 6.07 Å². The summed E-state index contributed by atoms with van der Waals surface area (Å²) < 4.78 is 14.8. The Kier molecular flexibility index (Phi) is 9.23. The van der Waals surface area contributed by atoms with Crippen LogP contribution in [0.25, 0.3) is 0 Å². The van der Waals surface area contributed by atoms with E-state index < -0.39 is 6.09 Å². The number of likely N-dealkylation sites (tertiary alicyclic amines) is 1. The molecule has 1 saturated heterocycles. The number of hydrogen-bond donors (Lipinski definition) is 2. The van der Waals surface area contributed by atoms with E-state index in [4.69, 9.17) is 14.2 Å². The topological polar surface area (TPSA) is 106 Å². The van der Waals surface area contributed by atoms with Crippen LogP contribution in [0.4, 0.5) is 16.2 Å². The van der Waals surface area contributed by atoms with Crippen molar-refractivity contribution >= 4 is 29.3 Å². The zero-order chi connectivity index (χ0) is 21.1. The van der Waals surface area contributed by atoms with Gasteiger partial charge in [-0.15, -0.1) is 0 Å². The van der Waals surface area contributed by atoms with Crippen molar-refractivity contribution in [3.63, 3.8) is 0 Å². The van der Waals surface area contributed by atoms with E-state index in [0.717, 1.165) is 0 Å². The van der Waals surface area contributed by atoms with E-state index in [-0.39, 0.29) is 30.9 Å². The predicted molar refractivity (Wildman–Crippen MR) is 108 cm³/mol. The highest BCUT2D eigenvalue weighted by Gasteiger charge is 2.27. The third-order valence-electron chi connectivity index (χ3n) is 4.54. The van der Waals surface area contributed by atoms with E-state index in [0.29, 0.717) is 50.5 Å². The molecule has 0 unspecified atom stereocenters. The van der Waals surface area contributed by atoms with Gasteiger partial charge in [-0.05, 0) is 38.0 Å². The van der Waals surface area contributed by atoms with Gasteiger partial charge in [0.05, 0.1) is 25.7 Å². The third kappa shape index (κ3) is 7.61. The Labute approximate surface area is 170 Å². The smallest absolute Gasteiger partial charge is 0.411 e. The Morgan fingerprint density at radius 1 is 1.10 bits per heavy atom. The molecule has 0 saturated carbocycles. The van der Waals surface area contributed by atoms with Crippen LogP contribution in [0, 0.1) is 5.92 Å². The fourth-order valence-electron chi connectivity index (χ4n) is 2.99. The van der Waals surface area contributed by atoms with E-state index in [9.17, 15) is 14.4 Å². The van der Waals surface area contributed by atoms with Crippen molar-refractivity contribution in [2.45, 2.75) is 19.8 Å². The van der Waals surface area contributed by atoms with Crippen LogP contribution in [0.5, 0.6) is 0 Å². The second kappa shape index (κ2) is 11.9. The molecule has 1 aromatic carbocycles. The molecule has 2 N–H and O–H groups in total. The number of anilines is 2. The molecule has 0 aliphatic carbocycles. The fourth-order valence-corrected chi connectivity index (χ4v) is 2.99. The van der Waals surface area contributed by atoms with Gasteiger partial charge in [0.15, 0.2) is 0 Å². The Morgan fingerprint density at radius 2 is 1.83 bits per heavy atom. The molecule has 1 aromatic rings. The summed E-state index contributed by atoms with van der Waals surface area (Å²) in [6, 6.07) is 7.02. The van der Waals surface area contributed by atoms with Gasteiger partial charge in [-0.2, -0.15) is 0 Å². The highest BCUT2D eigenvalue weighted by atomic mass is 16.6. The summed E-state index contributed by atoms with van der Waals surface area (Å²) in [6.45, 7) is 3.87. The molecule has 2 rings (SSSR count). The van der Waals surface area contributed by atoms with Gasteiger partial charge < -0.3 is 24.4 Å². The van der Waals surface area contributed by atoms with Gasteiger partial charge in [0.1, 0.15) is 6.61 Å². The first-order chi connectivity index (χ1) is 14.0. The quantitative estimate of drug-likeness (QED) is 0.477. The number of methoxy groups -OCH3 is 1. The van der Waals surface area contributed by atoms with E-state index >= 15 is 0 Å². The molecule has 29 heavy (non-hydrogen) atoms. The van der Waals surface area contributed by atoms with Gasteiger partial charge in [0.2, 0.25) is 5.91 Å². The molecule has 2 amide bonds. The lowest BCUT2D eigenvalue weighted by Crippen LogP contribution is -2.43. The van der Waals surface area contributed by atoms with Gasteiger partial charge in [-0.25, -0.2) is 4.79 Å². The lowest BCUT2D eigenvalue weighted by molar-refractivity contribution is -0.151. The molecule has 1 heterocycles. The van der Waals surface area contributed by atoms with Crippen molar-refractivity contribution in [1.82, 2.24) is 4.90 Å². The van der Waals surface area contributed by atoms with Crippen molar-refractivity contribution in [3.05, 3.63) is 24.3 Å². The number of benzene rings is 1. The number of ether oxygens (including phenoxy) is 3. The Bertz CT molecular complexity index is 689. The van der Waals surface area contributed by atoms with E-state index in [1.807, 2.05) is 6.07 Å². The zero-order valence-corrected chi connectivity index (χ0v) is 16.9. The normalized spacial score (nSPS) is 14.2. The second-order valence-corrected chi connectivity index (χ2v) is 6.60. The summed E-state index contributed by atoms with van der Waals surface area (Å²) in [7, 11) is 1.53. The number of nitrogens with one attached hydrogen (secondary N) is 2. The Morgan fingerprint density at radius 3 is 2.52 bits per heavy atom. The molecule has 0 atom stereocenters. The van der Waals surface area contributed by atoms with Crippen molar-refractivity contribution in [3.8, 4) is 0 Å². The lowest BCUT2D eigenvalue weighted by Gasteiger charge is -2.31. The number of amides is 2. The first kappa shape index (κ1) is 22.5. The minimum absolute atomic E-state index is 0.0374. The largest absolute Gasteiger partial charge is 0.466 e. The molecular weight excluding hydrogens is 378 g/mol. The van der Waals surface area contributed by atoms with Crippen LogP contribution in [-0.4, -0.2) is 69.4 Å². The predicted octanol–water partition coefficient (Wildman–Crippen LogP) is 2.10. The molecule has 0 radical (unpaired) electrons. The molecule has 1 aliphatic rings. The van der Waals surface area contributed by atoms with Crippen molar-refractivity contribution in [2.24, 2.45) is 5.92 Å². The van der Waals surface area contributed by atoms with Crippen LogP contribution in [0.3, 0.4) is 0 Å². The Hall–Kier alpha value is -2.81. The van der Waals surface area contributed by atoms with Crippen molar-refractivity contribution < 1.29 is 28.6 Å². The van der Waals surface area contributed by atoms with Gasteiger partial charge in [0, 0.05) is 31.6 Å². The summed E-state index contributed by atoms with van der Waals surface area (Å²) in [6.07, 6.45) is 0.671. The third-order valence-corrected chi connectivity index (χ3v) is 4.54. The van der Waals surface area contributed by atoms with Crippen LogP contribution in [0.2, 0.25) is 0 Å². The molecule has 9 heteroatoms. The molecule has 0 bridgehead atoms. The fraction of sp³-hybridized carbons (Fsp3) is 0.550. The number of carbonyl (C=O) groups excluding carboxylic acids is 3. The molecule has 1 fully saturated rings. The molecule has 160 valence electrons. The maximum absolute atomic E-state index is 12.4. The van der Waals surface area contributed by atoms with Gasteiger partial charge in [-0.3, -0.25) is 14.9 Å². The summed E-state index contributed by atoms with van der Waals surface area (Å²) in [4.78, 5) is 37.6. The highest BCUT2D eigenvalue weighted by molar-refractivity contribution is 5.86. The number of hydrogen-bond acceptors (Lipinski definition) is 7. The number of rotatable bonds is 9. The van der Waals surface area contributed by atoms with Crippen LogP contribution in [0.1, 0.15) is 19.8 Å². The van der Waals surface area contributed by atoms with Crippen LogP contribution < -0.4 is 10.6 Å². The number of esters is 1. The summed E-state index contributed by atoms with van der Waals surface area (Å²) in [5, 5.41) is 5.69. The highest BCUT2D eigenvalue weighted by Crippen LogP contribution is 2.19.